The van der Waals surface area contributed by atoms with Gasteiger partial charge in [-0.2, -0.15) is 13.5 Å². The van der Waals surface area contributed by atoms with Gasteiger partial charge in [0.2, 0.25) is 0 Å². The Hall–Kier alpha value is -3.18. The van der Waals surface area contributed by atoms with Crippen molar-refractivity contribution in [2.24, 2.45) is 5.10 Å². The summed E-state index contributed by atoms with van der Waals surface area (Å²) in [6, 6.07) is 7.70. The van der Waals surface area contributed by atoms with Crippen molar-refractivity contribution < 1.29 is 17.8 Å². The molecule has 0 saturated heterocycles. The fourth-order valence-corrected chi connectivity index (χ4v) is 3.06. The molecule has 0 aliphatic carbocycles. The van der Waals surface area contributed by atoms with Gasteiger partial charge in [0.1, 0.15) is 5.02 Å². The van der Waals surface area contributed by atoms with Crippen LogP contribution in [0, 0.1) is 10.1 Å². The lowest BCUT2D eigenvalue weighted by Gasteiger charge is -2.03. The Bertz CT molecular complexity index is 1200. The number of hydrogen-bond donors (Lipinski definition) is 2. The fraction of sp³-hybridized carbons (Fsp3) is 0. The van der Waals surface area contributed by atoms with E-state index in [1.807, 2.05) is 4.83 Å². The second-order valence-electron chi connectivity index (χ2n) is 4.99. The molecule has 0 fully saturated rings. The molecule has 2 N–H and O–H groups in total. The first-order chi connectivity index (χ1) is 12.3. The number of sulfonamides is 1. The number of benzene rings is 2. The van der Waals surface area contributed by atoms with Crippen molar-refractivity contribution in [1.82, 2.24) is 9.82 Å². The van der Waals surface area contributed by atoms with E-state index in [1.165, 1.54) is 24.3 Å². The predicted octanol–water partition coefficient (Wildman–Crippen LogP) is 2.00. The first-order valence-electron chi connectivity index (χ1n) is 6.88. The number of rotatable bonds is 5. The third-order valence-electron chi connectivity index (χ3n) is 3.26. The Morgan fingerprint density at radius 3 is 2.77 bits per heavy atom. The van der Waals surface area contributed by atoms with Crippen molar-refractivity contribution in [3.05, 3.63) is 67.6 Å². The molecule has 0 bridgehead atoms. The van der Waals surface area contributed by atoms with E-state index < -0.39 is 20.7 Å². The third kappa shape index (κ3) is 3.58. The Balaban J connectivity index is 1.83. The summed E-state index contributed by atoms with van der Waals surface area (Å²) in [7, 11) is -4.03. The minimum atomic E-state index is -4.03. The number of oxazole rings is 1. The molecule has 0 spiro atoms. The van der Waals surface area contributed by atoms with Crippen LogP contribution in [0.3, 0.4) is 0 Å². The molecule has 0 saturated carbocycles. The van der Waals surface area contributed by atoms with E-state index in [0.29, 0.717) is 5.52 Å². The smallest absolute Gasteiger partial charge is 0.408 e. The van der Waals surface area contributed by atoms with E-state index in [1.54, 1.807) is 0 Å². The molecule has 0 amide bonds. The van der Waals surface area contributed by atoms with Crippen LogP contribution in [0.5, 0.6) is 0 Å². The summed E-state index contributed by atoms with van der Waals surface area (Å²) >= 11 is 5.70. The average molecular weight is 397 g/mol. The number of nitro groups is 1. The third-order valence-corrected chi connectivity index (χ3v) is 4.80. The van der Waals surface area contributed by atoms with Gasteiger partial charge in [0.05, 0.1) is 21.6 Å². The standard InChI is InChI=1S/C14H9ClN4O6S/c15-10-3-1-8(5-12(10)19(21)22)7-16-18-26(23,24)9-2-4-11-13(6-9)25-14(20)17-11/h1-7,18H,(H,17,20)/b16-7+. The van der Waals surface area contributed by atoms with Crippen LogP contribution in [0.2, 0.25) is 5.02 Å². The lowest BCUT2D eigenvalue weighted by Crippen LogP contribution is -2.18. The molecule has 0 atom stereocenters. The van der Waals surface area contributed by atoms with E-state index in [0.717, 1.165) is 18.3 Å². The molecule has 1 heterocycles. The highest BCUT2D eigenvalue weighted by Crippen LogP contribution is 2.24. The predicted molar refractivity (Wildman–Crippen MR) is 92.9 cm³/mol. The highest BCUT2D eigenvalue weighted by atomic mass is 35.5. The molecule has 1 aromatic heterocycles. The van der Waals surface area contributed by atoms with E-state index in [2.05, 4.69) is 10.1 Å². The summed E-state index contributed by atoms with van der Waals surface area (Å²) in [5.74, 6) is -0.704. The molecule has 0 unspecified atom stereocenters. The Kier molecular flexibility index (Phi) is 4.49. The molecule has 10 nitrogen and oxygen atoms in total. The number of aromatic nitrogens is 1. The quantitative estimate of drug-likeness (QED) is 0.383. The average Bonchev–Trinajstić information content (AvgIpc) is 2.95. The molecule has 0 aliphatic heterocycles. The molecule has 0 aliphatic rings. The molecule has 134 valence electrons. The van der Waals surface area contributed by atoms with Crippen molar-refractivity contribution in [3.8, 4) is 0 Å². The van der Waals surface area contributed by atoms with E-state index in [9.17, 15) is 23.3 Å². The van der Waals surface area contributed by atoms with Crippen LogP contribution in [0.1, 0.15) is 5.56 Å². The highest BCUT2D eigenvalue weighted by Gasteiger charge is 2.15. The van der Waals surface area contributed by atoms with Crippen LogP contribution in [0.4, 0.5) is 5.69 Å². The van der Waals surface area contributed by atoms with Gasteiger partial charge in [-0.05, 0) is 18.2 Å². The summed E-state index contributed by atoms with van der Waals surface area (Å²) in [6.07, 6.45) is 1.09. The lowest BCUT2D eigenvalue weighted by atomic mass is 10.2. The molecule has 3 aromatic rings. The molecule has 2 aromatic carbocycles. The topological polar surface area (TPSA) is 148 Å². The van der Waals surface area contributed by atoms with Crippen molar-refractivity contribution in [2.45, 2.75) is 4.90 Å². The van der Waals surface area contributed by atoms with Gasteiger partial charge in [-0.3, -0.25) is 15.1 Å². The van der Waals surface area contributed by atoms with Crippen molar-refractivity contribution in [3.63, 3.8) is 0 Å². The maximum atomic E-state index is 12.2. The molecular formula is C14H9ClN4O6S. The van der Waals surface area contributed by atoms with E-state index >= 15 is 0 Å². The summed E-state index contributed by atoms with van der Waals surface area (Å²) in [5.41, 5.74) is 0.378. The van der Waals surface area contributed by atoms with Gasteiger partial charge in [0.25, 0.3) is 15.7 Å². The number of nitrogens with one attached hydrogen (secondary N) is 2. The summed E-state index contributed by atoms with van der Waals surface area (Å²) in [6.45, 7) is 0. The second-order valence-corrected chi connectivity index (χ2v) is 7.06. The number of nitro benzene ring substituents is 1. The number of aromatic amines is 1. The number of fused-ring (bicyclic) bond motifs is 1. The van der Waals surface area contributed by atoms with Gasteiger partial charge in [-0.25, -0.2) is 9.63 Å². The molecule has 12 heteroatoms. The van der Waals surface area contributed by atoms with Crippen LogP contribution in [0.25, 0.3) is 11.1 Å². The van der Waals surface area contributed by atoms with Gasteiger partial charge < -0.3 is 4.42 Å². The van der Waals surface area contributed by atoms with Crippen molar-refractivity contribution >= 4 is 44.6 Å². The molecule has 3 rings (SSSR count). The maximum Gasteiger partial charge on any atom is 0.417 e. The maximum absolute atomic E-state index is 12.2. The molecule has 26 heavy (non-hydrogen) atoms. The number of hydrazone groups is 1. The van der Waals surface area contributed by atoms with Gasteiger partial charge >= 0.3 is 5.76 Å². The first kappa shape index (κ1) is 17.6. The Labute approximate surface area is 150 Å². The van der Waals surface area contributed by atoms with Gasteiger partial charge in [0, 0.05) is 17.7 Å². The van der Waals surface area contributed by atoms with Crippen LogP contribution < -0.4 is 10.6 Å². The highest BCUT2D eigenvalue weighted by molar-refractivity contribution is 7.89. The zero-order valence-electron chi connectivity index (χ0n) is 12.7. The normalized spacial score (nSPS) is 11.9. The van der Waals surface area contributed by atoms with E-state index in [4.69, 9.17) is 16.0 Å². The lowest BCUT2D eigenvalue weighted by molar-refractivity contribution is -0.384. The van der Waals surface area contributed by atoms with Gasteiger partial charge in [-0.15, -0.1) is 0 Å². The summed E-state index contributed by atoms with van der Waals surface area (Å²) in [4.78, 5) is 25.5. The molecular weight excluding hydrogens is 388 g/mol. The zero-order valence-corrected chi connectivity index (χ0v) is 14.2. The number of halogens is 1. The number of nitrogens with zero attached hydrogens (tertiary/aromatic N) is 2. The van der Waals surface area contributed by atoms with Gasteiger partial charge in [-0.1, -0.05) is 17.7 Å². The number of H-pyrrole nitrogens is 1. The summed E-state index contributed by atoms with van der Waals surface area (Å²) in [5, 5.41) is 14.4. The minimum Gasteiger partial charge on any atom is -0.408 e. The largest absolute Gasteiger partial charge is 0.417 e. The minimum absolute atomic E-state index is 0.0472. The van der Waals surface area contributed by atoms with Crippen LogP contribution in [-0.2, 0) is 10.0 Å². The van der Waals surface area contributed by atoms with Crippen LogP contribution >= 0.6 is 11.6 Å². The molecule has 0 radical (unpaired) electrons. The first-order valence-corrected chi connectivity index (χ1v) is 8.74. The fourth-order valence-electron chi connectivity index (χ4n) is 2.07. The van der Waals surface area contributed by atoms with Crippen molar-refractivity contribution in [2.75, 3.05) is 0 Å². The number of hydrogen-bond acceptors (Lipinski definition) is 7. The van der Waals surface area contributed by atoms with Crippen LogP contribution in [-0.4, -0.2) is 24.5 Å². The second kappa shape index (κ2) is 6.61. The van der Waals surface area contributed by atoms with Crippen molar-refractivity contribution in [1.29, 1.82) is 0 Å². The summed E-state index contributed by atoms with van der Waals surface area (Å²) < 4.78 is 29.2. The Morgan fingerprint density at radius 2 is 2.04 bits per heavy atom. The zero-order chi connectivity index (χ0) is 18.9. The SMILES string of the molecule is O=c1[nH]c2ccc(S(=O)(=O)N/N=C/c3ccc(Cl)c([N+](=O)[O-])c3)cc2o1. The Morgan fingerprint density at radius 1 is 1.27 bits per heavy atom. The monoisotopic (exact) mass is 396 g/mol. The van der Waals surface area contributed by atoms with Crippen LogP contribution in [0.15, 0.2) is 55.6 Å². The van der Waals surface area contributed by atoms with E-state index in [-0.39, 0.29) is 26.8 Å². The van der Waals surface area contributed by atoms with Gasteiger partial charge in [0.15, 0.2) is 5.58 Å².